The van der Waals surface area contributed by atoms with Gasteiger partial charge in [-0.15, -0.1) is 0 Å². The third kappa shape index (κ3) is 5.55. The Kier molecular flexibility index (Phi) is 7.53. The van der Waals surface area contributed by atoms with Gasteiger partial charge in [0.15, 0.2) is 5.16 Å². The Balaban J connectivity index is 1.62. The van der Waals surface area contributed by atoms with Crippen molar-refractivity contribution in [3.8, 4) is 5.69 Å². The number of hydrogen-bond donors (Lipinski definition) is 1. The highest BCUT2D eigenvalue weighted by atomic mass is 32.2. The first kappa shape index (κ1) is 23.1. The Morgan fingerprint density at radius 1 is 1.13 bits per heavy atom. The van der Waals surface area contributed by atoms with Crippen LogP contribution >= 0.6 is 11.8 Å². The Morgan fingerprint density at radius 2 is 1.84 bits per heavy atom. The first-order valence-corrected chi connectivity index (χ1v) is 12.4. The minimum absolute atomic E-state index is 0.183. The zero-order chi connectivity index (χ0) is 22.4. The number of carbonyl (C=O) groups is 1. The predicted octanol–water partition coefficient (Wildman–Crippen LogP) is 3.94. The van der Waals surface area contributed by atoms with E-state index in [1.807, 2.05) is 35.9 Å². The lowest BCUT2D eigenvalue weighted by molar-refractivity contribution is -0.113. The fourth-order valence-electron chi connectivity index (χ4n) is 3.12. The lowest BCUT2D eigenvalue weighted by Gasteiger charge is -2.18. The number of amides is 1. The van der Waals surface area contributed by atoms with Crippen LogP contribution in [-0.4, -0.2) is 47.0 Å². The van der Waals surface area contributed by atoms with Crippen LogP contribution in [0.4, 0.5) is 5.69 Å². The number of sulfonamides is 1. The zero-order valence-electron chi connectivity index (χ0n) is 17.8. The van der Waals surface area contributed by atoms with Gasteiger partial charge in [-0.2, -0.15) is 4.31 Å². The number of nitrogens with one attached hydrogen (secondary N) is 1. The highest BCUT2D eigenvalue weighted by Gasteiger charge is 2.21. The molecule has 0 fully saturated rings. The monoisotopic (exact) mass is 458 g/mol. The summed E-state index contributed by atoms with van der Waals surface area (Å²) in [4.78, 5) is 17.0. The van der Waals surface area contributed by atoms with Crippen LogP contribution < -0.4 is 5.32 Å². The lowest BCUT2D eigenvalue weighted by Crippen LogP contribution is -2.30. The predicted molar refractivity (Wildman–Crippen MR) is 124 cm³/mol. The quantitative estimate of drug-likeness (QED) is 0.491. The fraction of sp³-hybridized carbons (Fsp3) is 0.273. The van der Waals surface area contributed by atoms with Crippen molar-refractivity contribution >= 4 is 33.4 Å². The zero-order valence-corrected chi connectivity index (χ0v) is 19.4. The van der Waals surface area contributed by atoms with E-state index in [0.717, 1.165) is 16.4 Å². The van der Waals surface area contributed by atoms with Crippen LogP contribution in [0, 0.1) is 6.92 Å². The molecule has 1 amide bonds. The molecule has 0 aliphatic carbocycles. The number of anilines is 1. The van der Waals surface area contributed by atoms with Crippen molar-refractivity contribution in [2.75, 3.05) is 24.2 Å². The third-order valence-corrected chi connectivity index (χ3v) is 7.73. The van der Waals surface area contributed by atoms with Gasteiger partial charge >= 0.3 is 0 Å². The number of carbonyl (C=O) groups excluding carboxylic acids is 1. The molecule has 0 aliphatic heterocycles. The average Bonchev–Trinajstić information content (AvgIpc) is 3.22. The van der Waals surface area contributed by atoms with E-state index in [2.05, 4.69) is 16.4 Å². The van der Waals surface area contributed by atoms with Crippen molar-refractivity contribution in [2.24, 2.45) is 0 Å². The van der Waals surface area contributed by atoms with E-state index in [1.54, 1.807) is 32.2 Å². The Morgan fingerprint density at radius 3 is 2.48 bits per heavy atom. The molecule has 0 bridgehead atoms. The number of nitrogens with zero attached hydrogens (tertiary/aromatic N) is 3. The minimum Gasteiger partial charge on any atom is -0.325 e. The van der Waals surface area contributed by atoms with E-state index in [4.69, 9.17) is 0 Å². The van der Waals surface area contributed by atoms with Crippen molar-refractivity contribution < 1.29 is 13.2 Å². The molecule has 0 spiro atoms. The van der Waals surface area contributed by atoms with Crippen LogP contribution in [0.25, 0.3) is 5.69 Å². The van der Waals surface area contributed by atoms with Crippen LogP contribution in [0.2, 0.25) is 0 Å². The molecule has 0 atom stereocenters. The van der Waals surface area contributed by atoms with Gasteiger partial charge in [0.1, 0.15) is 0 Å². The summed E-state index contributed by atoms with van der Waals surface area (Å²) in [5, 5.41) is 3.53. The van der Waals surface area contributed by atoms with E-state index in [1.165, 1.54) is 28.2 Å². The largest absolute Gasteiger partial charge is 0.325 e. The standard InChI is InChI=1S/C22H26N4O3S2/c1-4-25(5-2)31(28,29)20-11-9-18(10-12-20)24-21(27)16-30-22-23-13-14-26(22)19-8-6-7-17(3)15-19/h6-15H,4-5,16H2,1-3H3,(H,24,27). The van der Waals surface area contributed by atoms with Crippen LogP contribution in [0.5, 0.6) is 0 Å². The molecule has 3 aromatic rings. The molecule has 164 valence electrons. The summed E-state index contributed by atoms with van der Waals surface area (Å²) >= 11 is 1.34. The van der Waals surface area contributed by atoms with E-state index in [0.29, 0.717) is 18.8 Å². The number of thioether (sulfide) groups is 1. The molecule has 0 saturated heterocycles. The molecule has 3 rings (SSSR count). The van der Waals surface area contributed by atoms with Crippen LogP contribution in [-0.2, 0) is 14.8 Å². The molecule has 0 aliphatic rings. The van der Waals surface area contributed by atoms with E-state index in [-0.39, 0.29) is 16.6 Å². The number of aromatic nitrogens is 2. The maximum atomic E-state index is 12.6. The molecule has 7 nitrogen and oxygen atoms in total. The summed E-state index contributed by atoms with van der Waals surface area (Å²) in [5.74, 6) is -0.00867. The highest BCUT2D eigenvalue weighted by molar-refractivity contribution is 7.99. The van der Waals surface area contributed by atoms with Gasteiger partial charge in [0.05, 0.1) is 10.6 Å². The second-order valence-corrected chi connectivity index (χ2v) is 9.75. The molecule has 1 N–H and O–H groups in total. The topological polar surface area (TPSA) is 84.3 Å². The van der Waals surface area contributed by atoms with E-state index < -0.39 is 10.0 Å². The van der Waals surface area contributed by atoms with Crippen molar-refractivity contribution in [2.45, 2.75) is 30.8 Å². The van der Waals surface area contributed by atoms with Crippen LogP contribution in [0.15, 0.2) is 71.0 Å². The Hall–Kier alpha value is -2.62. The molecule has 2 aromatic carbocycles. The maximum Gasteiger partial charge on any atom is 0.243 e. The minimum atomic E-state index is -3.52. The Labute approximate surface area is 187 Å². The second kappa shape index (κ2) is 10.1. The second-order valence-electron chi connectivity index (χ2n) is 6.87. The molecular weight excluding hydrogens is 432 g/mol. The van der Waals surface area contributed by atoms with E-state index in [9.17, 15) is 13.2 Å². The van der Waals surface area contributed by atoms with Gasteiger partial charge in [-0.25, -0.2) is 13.4 Å². The van der Waals surface area contributed by atoms with Crippen LogP contribution in [0.1, 0.15) is 19.4 Å². The molecule has 0 unspecified atom stereocenters. The molecular formula is C22H26N4O3S2. The van der Waals surface area contributed by atoms with Gasteiger partial charge in [-0.05, 0) is 48.9 Å². The number of imidazole rings is 1. The molecule has 1 aromatic heterocycles. The maximum absolute atomic E-state index is 12.6. The average molecular weight is 459 g/mol. The third-order valence-electron chi connectivity index (χ3n) is 4.70. The molecule has 0 saturated carbocycles. The molecule has 31 heavy (non-hydrogen) atoms. The fourth-order valence-corrected chi connectivity index (χ4v) is 5.35. The van der Waals surface area contributed by atoms with Gasteiger partial charge in [0, 0.05) is 36.9 Å². The Bertz CT molecular complexity index is 1140. The SMILES string of the molecule is CCN(CC)S(=O)(=O)c1ccc(NC(=O)CSc2nccn2-c2cccc(C)c2)cc1. The van der Waals surface area contributed by atoms with Gasteiger partial charge < -0.3 is 5.32 Å². The first-order chi connectivity index (χ1) is 14.8. The summed E-state index contributed by atoms with van der Waals surface area (Å²) in [7, 11) is -3.52. The molecule has 1 heterocycles. The number of benzene rings is 2. The number of hydrogen-bond acceptors (Lipinski definition) is 5. The number of rotatable bonds is 9. The summed E-state index contributed by atoms with van der Waals surface area (Å²) in [6, 6.07) is 14.3. The summed E-state index contributed by atoms with van der Waals surface area (Å²) in [6.45, 7) is 6.45. The van der Waals surface area contributed by atoms with Crippen molar-refractivity contribution in [3.05, 3.63) is 66.5 Å². The summed E-state index contributed by atoms with van der Waals surface area (Å²) < 4.78 is 28.5. The van der Waals surface area contributed by atoms with Crippen molar-refractivity contribution in [1.29, 1.82) is 0 Å². The van der Waals surface area contributed by atoms with Crippen LogP contribution in [0.3, 0.4) is 0 Å². The summed E-state index contributed by atoms with van der Waals surface area (Å²) in [5.41, 5.74) is 2.68. The summed E-state index contributed by atoms with van der Waals surface area (Å²) in [6.07, 6.45) is 3.57. The van der Waals surface area contributed by atoms with E-state index >= 15 is 0 Å². The van der Waals surface area contributed by atoms with Crippen molar-refractivity contribution in [3.63, 3.8) is 0 Å². The first-order valence-electron chi connectivity index (χ1n) is 9.98. The molecule has 9 heteroatoms. The van der Waals surface area contributed by atoms with Gasteiger partial charge in [0.25, 0.3) is 0 Å². The smallest absolute Gasteiger partial charge is 0.243 e. The molecule has 0 radical (unpaired) electrons. The van der Waals surface area contributed by atoms with Gasteiger partial charge in [-0.3, -0.25) is 9.36 Å². The highest BCUT2D eigenvalue weighted by Crippen LogP contribution is 2.22. The van der Waals surface area contributed by atoms with Gasteiger partial charge in [-0.1, -0.05) is 37.7 Å². The van der Waals surface area contributed by atoms with Gasteiger partial charge in [0.2, 0.25) is 15.9 Å². The van der Waals surface area contributed by atoms with Crippen molar-refractivity contribution in [1.82, 2.24) is 13.9 Å². The normalized spacial score (nSPS) is 11.6. The lowest BCUT2D eigenvalue weighted by atomic mass is 10.2. The number of aryl methyl sites for hydroxylation is 1.